The normalized spacial score (nSPS) is 23.0. The molecule has 0 N–H and O–H groups in total. The second-order valence-corrected chi connectivity index (χ2v) is 9.00. The molecule has 2 heterocycles. The lowest BCUT2D eigenvalue weighted by Crippen LogP contribution is -2.51. The lowest BCUT2D eigenvalue weighted by atomic mass is 9.82. The van der Waals surface area contributed by atoms with E-state index < -0.39 is 5.60 Å². The molecular formula is C22H32FNO2S. The average Bonchev–Trinajstić information content (AvgIpc) is 2.97. The number of thiophene rings is 1. The summed E-state index contributed by atoms with van der Waals surface area (Å²) in [4.78, 5) is 14.4. The maximum atomic E-state index is 13.4. The number of hydrogen-bond donors (Lipinski definition) is 0. The number of benzene rings is 1. The number of amides is 1. The highest BCUT2D eigenvalue weighted by atomic mass is 32.1. The minimum absolute atomic E-state index is 0.110. The molecule has 2 unspecified atom stereocenters. The summed E-state index contributed by atoms with van der Waals surface area (Å²) in [6, 6.07) is 5.23. The molecule has 1 fully saturated rings. The fourth-order valence-electron chi connectivity index (χ4n) is 3.85. The van der Waals surface area contributed by atoms with E-state index in [9.17, 15) is 9.18 Å². The highest BCUT2D eigenvalue weighted by Gasteiger charge is 2.37. The van der Waals surface area contributed by atoms with E-state index in [4.69, 9.17) is 4.74 Å². The van der Waals surface area contributed by atoms with E-state index >= 15 is 0 Å². The summed E-state index contributed by atoms with van der Waals surface area (Å²) in [5.74, 6) is 0.185. The first-order chi connectivity index (χ1) is 12.7. The van der Waals surface area contributed by atoms with E-state index in [0.29, 0.717) is 5.92 Å². The number of halogens is 1. The third-order valence-electron chi connectivity index (χ3n) is 4.81. The topological polar surface area (TPSA) is 29.5 Å². The van der Waals surface area contributed by atoms with E-state index in [1.165, 1.54) is 11.6 Å². The number of carbonyl (C=O) groups excluding carboxylic acids is 1. The maximum Gasteiger partial charge on any atom is 0.410 e. The van der Waals surface area contributed by atoms with Gasteiger partial charge < -0.3 is 9.64 Å². The zero-order valence-corrected chi connectivity index (χ0v) is 18.3. The Hall–Kier alpha value is -1.62. The molecule has 0 radical (unpaired) electrons. The summed E-state index contributed by atoms with van der Waals surface area (Å²) < 4.78 is 20.0. The van der Waals surface area contributed by atoms with Gasteiger partial charge in [-0.25, -0.2) is 9.18 Å². The van der Waals surface area contributed by atoms with E-state index in [1.54, 1.807) is 17.4 Å². The van der Waals surface area contributed by atoms with Crippen molar-refractivity contribution in [3.05, 3.63) is 35.0 Å². The lowest BCUT2D eigenvalue weighted by Gasteiger charge is -2.43. The van der Waals surface area contributed by atoms with Gasteiger partial charge in [-0.1, -0.05) is 19.9 Å². The van der Waals surface area contributed by atoms with Crippen LogP contribution < -0.4 is 0 Å². The third kappa shape index (κ3) is 5.01. The fourth-order valence-corrected chi connectivity index (χ4v) is 4.92. The first-order valence-electron chi connectivity index (χ1n) is 9.83. The van der Waals surface area contributed by atoms with Gasteiger partial charge >= 0.3 is 6.09 Å². The highest BCUT2D eigenvalue weighted by Crippen LogP contribution is 2.41. The lowest BCUT2D eigenvalue weighted by molar-refractivity contribution is -0.00247. The van der Waals surface area contributed by atoms with Gasteiger partial charge in [-0.15, -0.1) is 11.3 Å². The molecule has 3 rings (SSSR count). The van der Waals surface area contributed by atoms with Gasteiger partial charge in [0, 0.05) is 16.8 Å². The minimum Gasteiger partial charge on any atom is -0.444 e. The molecular weight excluding hydrogens is 361 g/mol. The van der Waals surface area contributed by atoms with Crippen molar-refractivity contribution >= 4 is 27.5 Å². The van der Waals surface area contributed by atoms with Crippen LogP contribution in [0.2, 0.25) is 0 Å². The summed E-state index contributed by atoms with van der Waals surface area (Å²) in [5, 5.41) is 3.29. The van der Waals surface area contributed by atoms with Crippen molar-refractivity contribution in [2.45, 2.75) is 84.9 Å². The van der Waals surface area contributed by atoms with E-state index in [2.05, 4.69) is 19.2 Å². The van der Waals surface area contributed by atoms with Crippen molar-refractivity contribution in [1.82, 2.24) is 4.90 Å². The summed E-state index contributed by atoms with van der Waals surface area (Å²) in [7, 11) is 0. The Bertz CT molecular complexity index is 768. The van der Waals surface area contributed by atoms with Crippen LogP contribution in [0.15, 0.2) is 23.6 Å². The van der Waals surface area contributed by atoms with Gasteiger partial charge in [0.15, 0.2) is 0 Å². The van der Waals surface area contributed by atoms with Crippen LogP contribution in [-0.2, 0) is 4.74 Å². The molecule has 1 saturated heterocycles. The molecule has 0 aliphatic carbocycles. The first kappa shape index (κ1) is 21.7. The van der Waals surface area contributed by atoms with E-state index in [-0.39, 0.29) is 24.0 Å². The second-order valence-electron chi connectivity index (χ2n) is 8.09. The summed E-state index contributed by atoms with van der Waals surface area (Å²) in [6.45, 7) is 13.8. The van der Waals surface area contributed by atoms with Gasteiger partial charge in [0.1, 0.15) is 11.4 Å². The van der Waals surface area contributed by atoms with Crippen LogP contribution in [0.1, 0.15) is 72.8 Å². The Kier molecular flexibility index (Phi) is 6.90. The van der Waals surface area contributed by atoms with Gasteiger partial charge in [-0.3, -0.25) is 0 Å². The van der Waals surface area contributed by atoms with E-state index in [1.807, 2.05) is 45.6 Å². The SMILES string of the molecule is CC.CC1CC(c2csc3cc(F)ccc23)CC(C)N1C(=O)OC(C)(C)C. The van der Waals surface area contributed by atoms with Crippen LogP contribution in [0.5, 0.6) is 0 Å². The standard InChI is InChI=1S/C20H26FNO2S.C2H6/c1-12-8-14(9-13(2)22(12)19(23)24-20(3,4)5)17-11-25-18-10-15(21)6-7-16(17)18;1-2/h6-7,10-14H,8-9H2,1-5H3;1-2H3. The van der Waals surface area contributed by atoms with E-state index in [0.717, 1.165) is 22.9 Å². The number of rotatable bonds is 1. The van der Waals surface area contributed by atoms with Crippen LogP contribution in [0.4, 0.5) is 9.18 Å². The zero-order valence-electron chi connectivity index (χ0n) is 17.5. The molecule has 3 nitrogen and oxygen atoms in total. The molecule has 2 aromatic rings. The van der Waals surface area contributed by atoms with Crippen LogP contribution in [0.25, 0.3) is 10.1 Å². The van der Waals surface area contributed by atoms with Crippen molar-refractivity contribution in [2.24, 2.45) is 0 Å². The highest BCUT2D eigenvalue weighted by molar-refractivity contribution is 7.17. The third-order valence-corrected chi connectivity index (χ3v) is 5.78. The average molecular weight is 394 g/mol. The van der Waals surface area contributed by atoms with Crippen molar-refractivity contribution in [1.29, 1.82) is 0 Å². The van der Waals surface area contributed by atoms with Gasteiger partial charge in [-0.2, -0.15) is 0 Å². The Balaban J connectivity index is 0.00000126. The quantitative estimate of drug-likeness (QED) is 0.524. The summed E-state index contributed by atoms with van der Waals surface area (Å²) in [5.41, 5.74) is 0.795. The Morgan fingerprint density at radius 2 is 1.78 bits per heavy atom. The van der Waals surface area contributed by atoms with Crippen LogP contribution in [0, 0.1) is 5.82 Å². The minimum atomic E-state index is -0.485. The maximum absolute atomic E-state index is 13.4. The van der Waals surface area contributed by atoms with Crippen molar-refractivity contribution in [2.75, 3.05) is 0 Å². The number of nitrogens with zero attached hydrogens (tertiary/aromatic N) is 1. The fraction of sp³-hybridized carbons (Fsp3) is 0.591. The monoisotopic (exact) mass is 393 g/mol. The molecule has 1 amide bonds. The van der Waals surface area contributed by atoms with Gasteiger partial charge in [0.25, 0.3) is 0 Å². The van der Waals surface area contributed by atoms with Crippen LogP contribution >= 0.6 is 11.3 Å². The number of carbonyl (C=O) groups is 1. The van der Waals surface area contributed by atoms with Crippen molar-refractivity contribution in [3.8, 4) is 0 Å². The van der Waals surface area contributed by atoms with Gasteiger partial charge in [0.05, 0.1) is 0 Å². The van der Waals surface area contributed by atoms with Crippen molar-refractivity contribution < 1.29 is 13.9 Å². The number of likely N-dealkylation sites (tertiary alicyclic amines) is 1. The van der Waals surface area contributed by atoms with Gasteiger partial charge in [0.2, 0.25) is 0 Å². The molecule has 27 heavy (non-hydrogen) atoms. The molecule has 150 valence electrons. The molecule has 1 aromatic carbocycles. The molecule has 0 bridgehead atoms. The zero-order chi connectivity index (χ0) is 20.4. The molecule has 1 aromatic heterocycles. The van der Waals surface area contributed by atoms with Crippen LogP contribution in [0.3, 0.4) is 0 Å². The number of piperidine rings is 1. The molecule has 5 heteroatoms. The molecule has 0 saturated carbocycles. The molecule has 0 spiro atoms. The predicted octanol–water partition coefficient (Wildman–Crippen LogP) is 6.96. The van der Waals surface area contributed by atoms with Crippen LogP contribution in [-0.4, -0.2) is 28.7 Å². The largest absolute Gasteiger partial charge is 0.444 e. The van der Waals surface area contributed by atoms with Crippen molar-refractivity contribution in [3.63, 3.8) is 0 Å². The summed E-state index contributed by atoms with van der Waals surface area (Å²) in [6.07, 6.45) is 1.56. The van der Waals surface area contributed by atoms with Gasteiger partial charge in [-0.05, 0) is 81.8 Å². The first-order valence-corrected chi connectivity index (χ1v) is 10.7. The number of hydrogen-bond acceptors (Lipinski definition) is 3. The second kappa shape index (κ2) is 8.59. The predicted molar refractivity (Wildman–Crippen MR) is 112 cm³/mol. The number of ether oxygens (including phenoxy) is 1. The smallest absolute Gasteiger partial charge is 0.410 e. The summed E-state index contributed by atoms with van der Waals surface area (Å²) >= 11 is 1.59. The molecule has 2 atom stereocenters. The molecule has 1 aliphatic rings. The Labute approximate surface area is 166 Å². The number of fused-ring (bicyclic) bond motifs is 1. The molecule has 1 aliphatic heterocycles. The Morgan fingerprint density at radius 3 is 2.33 bits per heavy atom. The Morgan fingerprint density at radius 1 is 1.19 bits per heavy atom.